The SMILES string of the molecule is COC(/C(C)=C/CC/C(C)=C/CC[C@]1(C)CCc2cc(O)cc(C)c2O1)[C@H](O)C=C(C)C. The number of allylic oxidation sites excluding steroid dienone is 4. The molecule has 0 aliphatic carbocycles. The van der Waals surface area contributed by atoms with Crippen molar-refractivity contribution in [3.8, 4) is 11.5 Å². The van der Waals surface area contributed by atoms with Crippen LogP contribution in [0.15, 0.2) is 47.1 Å². The monoisotopic (exact) mass is 442 g/mol. The van der Waals surface area contributed by atoms with Gasteiger partial charge in [-0.3, -0.25) is 0 Å². The summed E-state index contributed by atoms with van der Waals surface area (Å²) in [5, 5.41) is 20.2. The summed E-state index contributed by atoms with van der Waals surface area (Å²) in [5.41, 5.74) is 5.46. The summed E-state index contributed by atoms with van der Waals surface area (Å²) in [4.78, 5) is 0. The van der Waals surface area contributed by atoms with Crippen molar-refractivity contribution < 1.29 is 19.7 Å². The molecule has 2 N–H and O–H groups in total. The van der Waals surface area contributed by atoms with Gasteiger partial charge in [-0.1, -0.05) is 29.4 Å². The van der Waals surface area contributed by atoms with Gasteiger partial charge in [0.15, 0.2) is 0 Å². The van der Waals surface area contributed by atoms with Crippen molar-refractivity contribution in [1.82, 2.24) is 0 Å². The van der Waals surface area contributed by atoms with Gasteiger partial charge in [-0.15, -0.1) is 0 Å². The summed E-state index contributed by atoms with van der Waals surface area (Å²) in [5.74, 6) is 1.26. The molecule has 0 amide bonds. The molecule has 0 fully saturated rings. The van der Waals surface area contributed by atoms with Crippen molar-refractivity contribution in [2.24, 2.45) is 0 Å². The van der Waals surface area contributed by atoms with Gasteiger partial charge < -0.3 is 19.7 Å². The number of rotatable bonds is 10. The number of phenolic OH excluding ortho intramolecular Hbond substituents is 1. The molecule has 32 heavy (non-hydrogen) atoms. The van der Waals surface area contributed by atoms with Gasteiger partial charge in [0, 0.05) is 7.11 Å². The molecule has 3 atom stereocenters. The molecule has 1 aliphatic rings. The van der Waals surface area contributed by atoms with E-state index >= 15 is 0 Å². The first-order valence-electron chi connectivity index (χ1n) is 11.7. The average Bonchev–Trinajstić information content (AvgIpc) is 2.68. The second kappa shape index (κ2) is 11.7. The number of hydrogen-bond acceptors (Lipinski definition) is 4. The highest BCUT2D eigenvalue weighted by molar-refractivity contribution is 5.47. The number of phenols is 1. The number of aliphatic hydroxyl groups is 1. The minimum atomic E-state index is -0.619. The van der Waals surface area contributed by atoms with Crippen LogP contribution in [0.4, 0.5) is 0 Å². The maximum Gasteiger partial charge on any atom is 0.126 e. The van der Waals surface area contributed by atoms with Gasteiger partial charge in [-0.2, -0.15) is 0 Å². The standard InChI is InChI=1S/C28H42O4/c1-19(2)16-25(30)27(31-7)21(4)12-8-10-20(3)11-9-14-28(6)15-13-23-18-24(29)17-22(5)26(23)32-28/h11-12,16-18,25,27,29-30H,8-10,13-15H2,1-7H3/b20-11+,21-12+/t25-,27?,28-/m1/s1. The fourth-order valence-electron chi connectivity index (χ4n) is 4.42. The molecule has 1 aliphatic heterocycles. The molecule has 178 valence electrons. The van der Waals surface area contributed by atoms with E-state index in [1.54, 1.807) is 13.2 Å². The van der Waals surface area contributed by atoms with Crippen molar-refractivity contribution in [2.75, 3.05) is 7.11 Å². The molecule has 0 bridgehead atoms. The number of fused-ring (bicyclic) bond motifs is 1. The highest BCUT2D eigenvalue weighted by Crippen LogP contribution is 2.39. The first-order chi connectivity index (χ1) is 15.0. The number of benzene rings is 1. The molecular weight excluding hydrogens is 400 g/mol. The van der Waals surface area contributed by atoms with Gasteiger partial charge in [-0.25, -0.2) is 0 Å². The summed E-state index contributed by atoms with van der Waals surface area (Å²) >= 11 is 0. The van der Waals surface area contributed by atoms with Gasteiger partial charge in [0.1, 0.15) is 29.3 Å². The zero-order valence-electron chi connectivity index (χ0n) is 21.0. The molecule has 2 rings (SSSR count). The summed E-state index contributed by atoms with van der Waals surface area (Å²) < 4.78 is 11.9. The predicted molar refractivity (Wildman–Crippen MR) is 132 cm³/mol. The van der Waals surface area contributed by atoms with Crippen LogP contribution in [0.5, 0.6) is 11.5 Å². The van der Waals surface area contributed by atoms with Gasteiger partial charge in [0.05, 0.1) is 0 Å². The Kier molecular flexibility index (Phi) is 9.60. The highest BCUT2D eigenvalue weighted by atomic mass is 16.5. The van der Waals surface area contributed by atoms with Crippen LogP contribution in [0.3, 0.4) is 0 Å². The molecule has 1 unspecified atom stereocenters. The Morgan fingerprint density at radius 2 is 1.91 bits per heavy atom. The van der Waals surface area contributed by atoms with Crippen LogP contribution in [0.25, 0.3) is 0 Å². The van der Waals surface area contributed by atoms with E-state index in [2.05, 4.69) is 26.0 Å². The van der Waals surface area contributed by atoms with E-state index < -0.39 is 6.10 Å². The molecular formula is C28H42O4. The number of ether oxygens (including phenoxy) is 2. The van der Waals surface area contributed by atoms with Crippen LogP contribution in [0.1, 0.15) is 77.8 Å². The Bertz CT molecular complexity index is 860. The van der Waals surface area contributed by atoms with Crippen LogP contribution in [-0.4, -0.2) is 35.1 Å². The van der Waals surface area contributed by atoms with Crippen LogP contribution >= 0.6 is 0 Å². The largest absolute Gasteiger partial charge is 0.508 e. The normalized spacial score (nSPS) is 20.9. The van der Waals surface area contributed by atoms with Crippen LogP contribution < -0.4 is 4.74 Å². The lowest BCUT2D eigenvalue weighted by molar-refractivity contribution is 0.0351. The fraction of sp³-hybridized carbons (Fsp3) is 0.571. The zero-order valence-corrected chi connectivity index (χ0v) is 21.0. The van der Waals surface area contributed by atoms with Crippen LogP contribution in [0.2, 0.25) is 0 Å². The second-order valence-corrected chi connectivity index (χ2v) is 9.77. The Morgan fingerprint density at radius 3 is 2.56 bits per heavy atom. The first kappa shape index (κ1) is 26.2. The number of hydrogen-bond donors (Lipinski definition) is 2. The van der Waals surface area contributed by atoms with Gasteiger partial charge >= 0.3 is 0 Å². The van der Waals surface area contributed by atoms with E-state index in [-0.39, 0.29) is 11.7 Å². The Morgan fingerprint density at radius 1 is 1.19 bits per heavy atom. The fourth-order valence-corrected chi connectivity index (χ4v) is 4.42. The van der Waals surface area contributed by atoms with Crippen molar-refractivity contribution >= 4 is 0 Å². The molecule has 1 aromatic carbocycles. The number of methoxy groups -OCH3 is 1. The molecule has 4 heteroatoms. The summed E-state index contributed by atoms with van der Waals surface area (Å²) in [6.45, 7) is 12.4. The van der Waals surface area contributed by atoms with Crippen molar-refractivity contribution in [3.05, 3.63) is 58.2 Å². The predicted octanol–water partition coefficient (Wildman–Crippen LogP) is 6.58. The minimum absolute atomic E-state index is 0.172. The molecule has 0 saturated carbocycles. The smallest absolute Gasteiger partial charge is 0.126 e. The third-order valence-electron chi connectivity index (χ3n) is 6.30. The number of aromatic hydroxyl groups is 1. The topological polar surface area (TPSA) is 58.9 Å². The lowest BCUT2D eigenvalue weighted by Gasteiger charge is -2.36. The van der Waals surface area contributed by atoms with Crippen LogP contribution in [-0.2, 0) is 11.2 Å². The molecule has 1 heterocycles. The quantitative estimate of drug-likeness (QED) is 0.402. The molecule has 0 saturated heterocycles. The minimum Gasteiger partial charge on any atom is -0.508 e. The lowest BCUT2D eigenvalue weighted by Crippen LogP contribution is -2.36. The molecule has 0 spiro atoms. The Balaban J connectivity index is 1.86. The van der Waals surface area contributed by atoms with Gasteiger partial charge in [0.25, 0.3) is 0 Å². The van der Waals surface area contributed by atoms with E-state index in [1.165, 1.54) is 5.57 Å². The Hall–Kier alpha value is -2.04. The summed E-state index contributed by atoms with van der Waals surface area (Å²) in [7, 11) is 1.64. The Labute approximate surface area is 194 Å². The van der Waals surface area contributed by atoms with Gasteiger partial charge in [-0.05, 0) is 109 Å². The number of aliphatic hydroxyl groups excluding tert-OH is 1. The van der Waals surface area contributed by atoms with E-state index in [9.17, 15) is 10.2 Å². The highest BCUT2D eigenvalue weighted by Gasteiger charge is 2.32. The maximum atomic E-state index is 10.3. The van der Waals surface area contributed by atoms with E-state index in [1.807, 2.05) is 39.8 Å². The lowest BCUT2D eigenvalue weighted by atomic mass is 9.87. The van der Waals surface area contributed by atoms with E-state index in [0.29, 0.717) is 5.75 Å². The van der Waals surface area contributed by atoms with E-state index in [4.69, 9.17) is 9.47 Å². The third kappa shape index (κ3) is 7.53. The maximum absolute atomic E-state index is 10.3. The average molecular weight is 443 g/mol. The molecule has 1 aromatic rings. The zero-order chi connectivity index (χ0) is 23.9. The molecule has 0 radical (unpaired) electrons. The van der Waals surface area contributed by atoms with Gasteiger partial charge in [0.2, 0.25) is 0 Å². The third-order valence-corrected chi connectivity index (χ3v) is 6.30. The second-order valence-electron chi connectivity index (χ2n) is 9.77. The molecule has 4 nitrogen and oxygen atoms in total. The van der Waals surface area contributed by atoms with Crippen molar-refractivity contribution in [1.29, 1.82) is 0 Å². The summed E-state index contributed by atoms with van der Waals surface area (Å²) in [6, 6.07) is 3.60. The van der Waals surface area contributed by atoms with E-state index in [0.717, 1.165) is 66.5 Å². The van der Waals surface area contributed by atoms with Crippen molar-refractivity contribution in [2.45, 2.75) is 97.9 Å². The van der Waals surface area contributed by atoms with Crippen LogP contribution in [0, 0.1) is 6.92 Å². The molecule has 0 aromatic heterocycles. The first-order valence-corrected chi connectivity index (χ1v) is 11.7. The van der Waals surface area contributed by atoms with Crippen molar-refractivity contribution in [3.63, 3.8) is 0 Å². The number of aryl methyl sites for hydroxylation is 2. The summed E-state index contributed by atoms with van der Waals surface area (Å²) in [6.07, 6.45) is 11.2.